The fraction of sp³-hybridized carbons (Fsp3) is 0.222. The molecule has 0 radical (unpaired) electrons. The van der Waals surface area contributed by atoms with Gasteiger partial charge in [-0.3, -0.25) is 13.9 Å². The van der Waals surface area contributed by atoms with Gasteiger partial charge < -0.3 is 9.67 Å². The quantitative estimate of drug-likeness (QED) is 0.399. The van der Waals surface area contributed by atoms with Gasteiger partial charge in [-0.05, 0) is 36.8 Å². The zero-order chi connectivity index (χ0) is 19.7. The third-order valence-electron chi connectivity index (χ3n) is 4.28. The summed E-state index contributed by atoms with van der Waals surface area (Å²) in [7, 11) is 3.23. The number of aromatic nitrogens is 4. The minimum absolute atomic E-state index is 0.119. The molecule has 3 rings (SSSR count). The van der Waals surface area contributed by atoms with Gasteiger partial charge in [0.15, 0.2) is 11.2 Å². The van der Waals surface area contributed by atoms with Gasteiger partial charge in [-0.25, -0.2) is 10.2 Å². The van der Waals surface area contributed by atoms with E-state index in [0.29, 0.717) is 17.2 Å². The zero-order valence-corrected chi connectivity index (χ0v) is 15.3. The molecular weight excluding hydrogens is 348 g/mol. The van der Waals surface area contributed by atoms with E-state index in [4.69, 9.17) is 0 Å². The highest BCUT2D eigenvalue weighted by Gasteiger charge is 2.17. The maximum atomic E-state index is 12.7. The van der Waals surface area contributed by atoms with Crippen LogP contribution in [-0.2, 0) is 20.6 Å². The summed E-state index contributed by atoms with van der Waals surface area (Å²) in [5.41, 5.74) is 3.99. The predicted octanol–water partition coefficient (Wildman–Crippen LogP) is 1.16. The van der Waals surface area contributed by atoms with Crippen LogP contribution in [0.4, 0.5) is 5.95 Å². The molecule has 0 saturated carbocycles. The Balaban J connectivity index is 2.06. The van der Waals surface area contributed by atoms with Crippen molar-refractivity contribution in [2.75, 3.05) is 5.43 Å². The highest BCUT2D eigenvalue weighted by atomic mass is 16.3. The fourth-order valence-corrected chi connectivity index (χ4v) is 2.73. The van der Waals surface area contributed by atoms with E-state index in [-0.39, 0.29) is 17.9 Å². The fourth-order valence-electron chi connectivity index (χ4n) is 2.73. The lowest BCUT2D eigenvalue weighted by atomic mass is 10.1. The molecule has 0 aliphatic heterocycles. The molecule has 2 aromatic heterocycles. The molecule has 0 spiro atoms. The first-order valence-corrected chi connectivity index (χ1v) is 8.22. The lowest BCUT2D eigenvalue weighted by molar-refractivity contribution is 0.475. The minimum Gasteiger partial charge on any atom is -0.508 e. The van der Waals surface area contributed by atoms with Crippen molar-refractivity contribution >= 4 is 22.8 Å². The Labute approximate surface area is 154 Å². The van der Waals surface area contributed by atoms with Crippen molar-refractivity contribution in [2.45, 2.75) is 13.5 Å². The second-order valence-electron chi connectivity index (χ2n) is 6.07. The van der Waals surface area contributed by atoms with Crippen LogP contribution >= 0.6 is 0 Å². The van der Waals surface area contributed by atoms with Crippen molar-refractivity contribution in [1.29, 1.82) is 0 Å². The highest BCUT2D eigenvalue weighted by molar-refractivity contribution is 5.99. The summed E-state index contributed by atoms with van der Waals surface area (Å²) in [6.45, 7) is 5.50. The molecule has 0 aliphatic rings. The van der Waals surface area contributed by atoms with E-state index < -0.39 is 11.2 Å². The van der Waals surface area contributed by atoms with Gasteiger partial charge in [0.2, 0.25) is 5.95 Å². The van der Waals surface area contributed by atoms with Crippen molar-refractivity contribution in [3.05, 3.63) is 63.3 Å². The van der Waals surface area contributed by atoms with E-state index in [2.05, 4.69) is 22.1 Å². The Morgan fingerprint density at radius 3 is 2.56 bits per heavy atom. The number of fused-ring (bicyclic) bond motifs is 1. The van der Waals surface area contributed by atoms with E-state index in [9.17, 15) is 14.7 Å². The summed E-state index contributed by atoms with van der Waals surface area (Å²) < 4.78 is 3.98. The number of anilines is 1. The summed E-state index contributed by atoms with van der Waals surface area (Å²) in [5, 5.41) is 13.6. The molecule has 9 nitrogen and oxygen atoms in total. The second-order valence-corrected chi connectivity index (χ2v) is 6.07. The molecule has 3 aromatic rings. The maximum Gasteiger partial charge on any atom is 0.332 e. The Kier molecular flexibility index (Phi) is 4.68. The monoisotopic (exact) mass is 368 g/mol. The molecule has 0 unspecified atom stereocenters. The summed E-state index contributed by atoms with van der Waals surface area (Å²) >= 11 is 0. The van der Waals surface area contributed by atoms with Crippen molar-refractivity contribution in [1.82, 2.24) is 18.7 Å². The van der Waals surface area contributed by atoms with Gasteiger partial charge >= 0.3 is 5.69 Å². The molecule has 0 saturated heterocycles. The topological polar surface area (TPSA) is 106 Å². The third-order valence-corrected chi connectivity index (χ3v) is 4.28. The normalized spacial score (nSPS) is 11.7. The van der Waals surface area contributed by atoms with Crippen LogP contribution in [0.2, 0.25) is 0 Å². The molecule has 27 heavy (non-hydrogen) atoms. The highest BCUT2D eigenvalue weighted by Crippen LogP contribution is 2.14. The van der Waals surface area contributed by atoms with E-state index in [1.165, 1.54) is 10.6 Å². The number of hydrogen-bond acceptors (Lipinski definition) is 6. The van der Waals surface area contributed by atoms with Crippen molar-refractivity contribution < 1.29 is 5.11 Å². The standard InChI is InChI=1S/C18H20N6O3/c1-5-10-24-16(26)14-15(23(4)18(24)27)19-17(22(14)3)21-20-11(2)12-6-8-13(25)9-7-12/h5-9,25H,1,10H2,2-4H3,(H,19,21)/b20-11-. The molecular formula is C18H20N6O3. The maximum absolute atomic E-state index is 12.7. The molecule has 0 bridgehead atoms. The van der Waals surface area contributed by atoms with Crippen LogP contribution in [0.1, 0.15) is 12.5 Å². The van der Waals surface area contributed by atoms with Gasteiger partial charge in [0.1, 0.15) is 5.75 Å². The third kappa shape index (κ3) is 3.14. The van der Waals surface area contributed by atoms with Crippen LogP contribution in [0.15, 0.2) is 51.6 Å². The Hall–Kier alpha value is -3.62. The number of nitrogens with one attached hydrogen (secondary N) is 1. The Morgan fingerprint density at radius 2 is 1.93 bits per heavy atom. The summed E-state index contributed by atoms with van der Waals surface area (Å²) in [4.78, 5) is 29.4. The number of hydrazone groups is 1. The number of rotatable bonds is 5. The number of aromatic hydroxyl groups is 1. The molecule has 9 heteroatoms. The first kappa shape index (κ1) is 18.2. The van der Waals surface area contributed by atoms with Gasteiger partial charge in [-0.1, -0.05) is 6.08 Å². The predicted molar refractivity (Wildman–Crippen MR) is 104 cm³/mol. The van der Waals surface area contributed by atoms with Gasteiger partial charge in [0.05, 0.1) is 5.71 Å². The number of phenols is 1. The first-order chi connectivity index (χ1) is 12.8. The summed E-state index contributed by atoms with van der Waals surface area (Å²) in [6.07, 6.45) is 1.50. The average molecular weight is 368 g/mol. The molecule has 140 valence electrons. The number of allylic oxidation sites excluding steroid dienone is 1. The number of phenolic OH excluding ortho intramolecular Hbond substituents is 1. The van der Waals surface area contributed by atoms with Crippen molar-refractivity contribution in [2.24, 2.45) is 19.2 Å². The van der Waals surface area contributed by atoms with Crippen LogP contribution in [-0.4, -0.2) is 29.5 Å². The lowest BCUT2D eigenvalue weighted by Gasteiger charge is -2.06. The van der Waals surface area contributed by atoms with Crippen LogP contribution in [0.5, 0.6) is 5.75 Å². The van der Waals surface area contributed by atoms with Gasteiger partial charge in [-0.15, -0.1) is 6.58 Å². The number of aryl methyl sites for hydroxylation is 2. The van der Waals surface area contributed by atoms with E-state index in [1.807, 2.05) is 0 Å². The first-order valence-electron chi connectivity index (χ1n) is 8.22. The molecule has 0 aliphatic carbocycles. The molecule has 0 fully saturated rings. The minimum atomic E-state index is -0.458. The lowest BCUT2D eigenvalue weighted by Crippen LogP contribution is -2.39. The number of imidazole rings is 1. The summed E-state index contributed by atoms with van der Waals surface area (Å²) in [5.74, 6) is 0.498. The number of hydrogen-bond donors (Lipinski definition) is 2. The molecule has 2 heterocycles. The van der Waals surface area contributed by atoms with Crippen LogP contribution in [0.3, 0.4) is 0 Å². The Bertz CT molecular complexity index is 1170. The van der Waals surface area contributed by atoms with Gasteiger partial charge in [-0.2, -0.15) is 10.1 Å². The van der Waals surface area contributed by atoms with E-state index >= 15 is 0 Å². The van der Waals surface area contributed by atoms with Crippen molar-refractivity contribution in [3.63, 3.8) is 0 Å². The SMILES string of the molecule is C=CCn1c(=O)c2c(nc(N/N=C(/C)c3ccc(O)cc3)n2C)n(C)c1=O. The van der Waals surface area contributed by atoms with Crippen LogP contribution in [0.25, 0.3) is 11.2 Å². The Morgan fingerprint density at radius 1 is 1.26 bits per heavy atom. The summed E-state index contributed by atoms with van der Waals surface area (Å²) in [6, 6.07) is 6.62. The molecule has 0 amide bonds. The van der Waals surface area contributed by atoms with E-state index in [0.717, 1.165) is 10.1 Å². The number of benzene rings is 1. The smallest absolute Gasteiger partial charge is 0.332 e. The second kappa shape index (κ2) is 6.94. The average Bonchev–Trinajstić information content (AvgIpc) is 2.99. The van der Waals surface area contributed by atoms with Crippen LogP contribution < -0.4 is 16.7 Å². The molecule has 2 N–H and O–H groups in total. The van der Waals surface area contributed by atoms with Gasteiger partial charge in [0.25, 0.3) is 5.56 Å². The van der Waals surface area contributed by atoms with E-state index in [1.54, 1.807) is 49.9 Å². The largest absolute Gasteiger partial charge is 0.508 e. The number of nitrogens with zero attached hydrogens (tertiary/aromatic N) is 5. The molecule has 0 atom stereocenters. The zero-order valence-electron chi connectivity index (χ0n) is 15.3. The van der Waals surface area contributed by atoms with Crippen molar-refractivity contribution in [3.8, 4) is 5.75 Å². The van der Waals surface area contributed by atoms with Gasteiger partial charge in [0, 0.05) is 20.6 Å². The molecule has 1 aromatic carbocycles. The van der Waals surface area contributed by atoms with Crippen LogP contribution in [0, 0.1) is 0 Å².